The van der Waals surface area contributed by atoms with Crippen LogP contribution < -0.4 is 10.6 Å². The first-order valence-electron chi connectivity index (χ1n) is 7.32. The molecule has 0 unspecified atom stereocenters. The minimum Gasteiger partial charge on any atom is -0.337 e. The summed E-state index contributed by atoms with van der Waals surface area (Å²) in [4.78, 5) is 17.4. The van der Waals surface area contributed by atoms with Crippen LogP contribution in [-0.4, -0.2) is 22.8 Å². The van der Waals surface area contributed by atoms with Crippen molar-refractivity contribution in [2.75, 3.05) is 6.54 Å². The van der Waals surface area contributed by atoms with Gasteiger partial charge < -0.3 is 10.6 Å². The molecule has 1 heterocycles. The van der Waals surface area contributed by atoms with Gasteiger partial charge in [0.1, 0.15) is 0 Å². The zero-order chi connectivity index (χ0) is 15.8. The third kappa shape index (κ3) is 5.41. The highest BCUT2D eigenvalue weighted by Crippen LogP contribution is 2.21. The molecule has 0 saturated carbocycles. The van der Waals surface area contributed by atoms with Gasteiger partial charge in [0.2, 0.25) is 0 Å². The predicted molar refractivity (Wildman–Crippen MR) is 90.9 cm³/mol. The summed E-state index contributed by atoms with van der Waals surface area (Å²) >= 11 is 1.75. The fourth-order valence-corrected chi connectivity index (χ4v) is 2.91. The highest BCUT2D eigenvalue weighted by molar-refractivity contribution is 8.00. The fourth-order valence-electron chi connectivity index (χ4n) is 1.96. The fraction of sp³-hybridized carbons (Fsp3) is 0.294. The summed E-state index contributed by atoms with van der Waals surface area (Å²) in [5.74, 6) is 0. The van der Waals surface area contributed by atoms with Gasteiger partial charge in [-0.3, -0.25) is 4.98 Å². The van der Waals surface area contributed by atoms with Gasteiger partial charge in [0.05, 0.1) is 11.7 Å². The second-order valence-electron chi connectivity index (χ2n) is 5.07. The quantitative estimate of drug-likeness (QED) is 0.801. The van der Waals surface area contributed by atoms with Crippen molar-refractivity contribution in [3.63, 3.8) is 0 Å². The van der Waals surface area contributed by atoms with E-state index in [0.717, 1.165) is 5.69 Å². The minimum atomic E-state index is -0.168. The average molecular weight is 315 g/mol. The smallest absolute Gasteiger partial charge is 0.315 e. The number of amides is 2. The second-order valence-corrected chi connectivity index (χ2v) is 6.58. The van der Waals surface area contributed by atoms with E-state index in [1.54, 1.807) is 18.0 Å². The maximum absolute atomic E-state index is 11.9. The van der Waals surface area contributed by atoms with Crippen molar-refractivity contribution in [1.82, 2.24) is 15.6 Å². The van der Waals surface area contributed by atoms with Gasteiger partial charge in [0.15, 0.2) is 0 Å². The molecule has 0 aliphatic heterocycles. The molecule has 0 fully saturated rings. The summed E-state index contributed by atoms with van der Waals surface area (Å²) in [5.41, 5.74) is 0.851. The van der Waals surface area contributed by atoms with Crippen molar-refractivity contribution in [2.45, 2.75) is 30.0 Å². The lowest BCUT2D eigenvalue weighted by Crippen LogP contribution is -2.39. The molecule has 2 aromatic rings. The normalized spacial score (nSPS) is 13.2. The van der Waals surface area contributed by atoms with Gasteiger partial charge in [-0.15, -0.1) is 11.8 Å². The lowest BCUT2D eigenvalue weighted by molar-refractivity contribution is 0.238. The lowest BCUT2D eigenvalue weighted by Gasteiger charge is -2.16. The van der Waals surface area contributed by atoms with Crippen molar-refractivity contribution in [2.24, 2.45) is 0 Å². The molecular weight excluding hydrogens is 294 g/mol. The highest BCUT2D eigenvalue weighted by Gasteiger charge is 2.11. The number of nitrogens with zero attached hydrogens (tertiary/aromatic N) is 1. The van der Waals surface area contributed by atoms with Gasteiger partial charge >= 0.3 is 6.03 Å². The van der Waals surface area contributed by atoms with Crippen LogP contribution in [-0.2, 0) is 0 Å². The summed E-state index contributed by atoms with van der Waals surface area (Å²) in [6, 6.07) is 15.6. The summed E-state index contributed by atoms with van der Waals surface area (Å²) in [7, 11) is 0. The summed E-state index contributed by atoms with van der Waals surface area (Å²) < 4.78 is 0. The summed E-state index contributed by atoms with van der Waals surface area (Å²) in [6.45, 7) is 4.63. The van der Waals surface area contributed by atoms with Crippen molar-refractivity contribution in [3.05, 3.63) is 60.4 Å². The number of benzene rings is 1. The molecule has 2 N–H and O–H groups in total. The summed E-state index contributed by atoms with van der Waals surface area (Å²) in [5, 5.41) is 6.10. The number of nitrogens with one attached hydrogen (secondary N) is 2. The van der Waals surface area contributed by atoms with Crippen molar-refractivity contribution >= 4 is 17.8 Å². The Hall–Kier alpha value is -2.01. The van der Waals surface area contributed by atoms with E-state index < -0.39 is 0 Å². The van der Waals surface area contributed by atoms with E-state index in [-0.39, 0.29) is 12.1 Å². The van der Waals surface area contributed by atoms with Crippen LogP contribution in [0, 0.1) is 0 Å². The largest absolute Gasteiger partial charge is 0.337 e. The molecule has 4 nitrogen and oxygen atoms in total. The molecule has 0 saturated heterocycles. The number of pyridine rings is 1. The molecular formula is C17H21N3OS. The van der Waals surface area contributed by atoms with Gasteiger partial charge in [0.25, 0.3) is 0 Å². The number of rotatable bonds is 6. The van der Waals surface area contributed by atoms with Crippen LogP contribution in [0.3, 0.4) is 0 Å². The Morgan fingerprint density at radius 1 is 1.14 bits per heavy atom. The lowest BCUT2D eigenvalue weighted by atomic mass is 10.2. The third-order valence-corrected chi connectivity index (χ3v) is 4.22. The monoisotopic (exact) mass is 315 g/mol. The Bertz CT molecular complexity index is 577. The van der Waals surface area contributed by atoms with Crippen LogP contribution in [0.15, 0.2) is 59.6 Å². The van der Waals surface area contributed by atoms with E-state index in [2.05, 4.69) is 34.7 Å². The molecule has 0 spiro atoms. The molecule has 2 rings (SSSR count). The molecule has 22 heavy (non-hydrogen) atoms. The Balaban J connectivity index is 1.73. The van der Waals surface area contributed by atoms with Crippen LogP contribution in [0.5, 0.6) is 0 Å². The molecule has 0 aliphatic rings. The van der Waals surface area contributed by atoms with Crippen LogP contribution in [0.4, 0.5) is 4.79 Å². The van der Waals surface area contributed by atoms with E-state index in [0.29, 0.717) is 11.8 Å². The SMILES string of the molecule is C[C@H](CNC(=O)N[C@@H](C)c1ccccn1)Sc1ccccc1. The van der Waals surface area contributed by atoms with Gasteiger partial charge in [0, 0.05) is 22.9 Å². The van der Waals surface area contributed by atoms with E-state index in [1.165, 1.54) is 4.90 Å². The Kier molecular flexibility index (Phi) is 6.27. The van der Waals surface area contributed by atoms with E-state index in [4.69, 9.17) is 0 Å². The number of carbonyl (C=O) groups excluding carboxylic acids is 1. The number of thioether (sulfide) groups is 1. The van der Waals surface area contributed by atoms with Gasteiger partial charge in [-0.1, -0.05) is 31.2 Å². The predicted octanol–water partition coefficient (Wildman–Crippen LogP) is 3.62. The van der Waals surface area contributed by atoms with Crippen LogP contribution in [0.2, 0.25) is 0 Å². The van der Waals surface area contributed by atoms with Crippen molar-refractivity contribution in [1.29, 1.82) is 0 Å². The highest BCUT2D eigenvalue weighted by atomic mass is 32.2. The minimum absolute atomic E-state index is 0.113. The van der Waals surface area contributed by atoms with E-state index in [1.807, 2.05) is 43.3 Å². The van der Waals surface area contributed by atoms with Crippen LogP contribution in [0.1, 0.15) is 25.6 Å². The number of urea groups is 1. The number of hydrogen-bond donors (Lipinski definition) is 2. The van der Waals surface area contributed by atoms with Crippen molar-refractivity contribution < 1.29 is 4.79 Å². The Morgan fingerprint density at radius 2 is 1.86 bits per heavy atom. The topological polar surface area (TPSA) is 54.0 Å². The molecule has 0 radical (unpaired) electrons. The molecule has 0 bridgehead atoms. The van der Waals surface area contributed by atoms with E-state index >= 15 is 0 Å². The standard InChI is InChI=1S/C17H21N3OS/c1-13(22-15-8-4-3-5-9-15)12-19-17(21)20-14(2)16-10-6-7-11-18-16/h3-11,13-14H,12H2,1-2H3,(H2,19,20,21)/t13-,14+/m1/s1. The molecule has 5 heteroatoms. The molecule has 2 atom stereocenters. The zero-order valence-corrected chi connectivity index (χ0v) is 13.6. The Morgan fingerprint density at radius 3 is 2.55 bits per heavy atom. The number of aromatic nitrogens is 1. The number of hydrogen-bond acceptors (Lipinski definition) is 3. The zero-order valence-electron chi connectivity index (χ0n) is 12.8. The second kappa shape index (κ2) is 8.44. The molecule has 116 valence electrons. The van der Waals surface area contributed by atoms with E-state index in [9.17, 15) is 4.79 Å². The first-order chi connectivity index (χ1) is 10.6. The molecule has 1 aromatic heterocycles. The third-order valence-electron chi connectivity index (χ3n) is 3.11. The Labute approximate surface area is 135 Å². The van der Waals surface area contributed by atoms with Gasteiger partial charge in [-0.25, -0.2) is 4.79 Å². The number of carbonyl (C=O) groups is 1. The van der Waals surface area contributed by atoms with Crippen LogP contribution >= 0.6 is 11.8 Å². The molecule has 2 amide bonds. The van der Waals surface area contributed by atoms with Gasteiger partial charge in [-0.2, -0.15) is 0 Å². The van der Waals surface area contributed by atoms with Gasteiger partial charge in [-0.05, 0) is 31.2 Å². The molecule has 0 aliphatic carbocycles. The first-order valence-corrected chi connectivity index (χ1v) is 8.20. The van der Waals surface area contributed by atoms with Crippen LogP contribution in [0.25, 0.3) is 0 Å². The molecule has 1 aromatic carbocycles. The summed E-state index contributed by atoms with van der Waals surface area (Å²) in [6.07, 6.45) is 1.73. The van der Waals surface area contributed by atoms with Crippen molar-refractivity contribution in [3.8, 4) is 0 Å². The first kappa shape index (κ1) is 16.4. The maximum Gasteiger partial charge on any atom is 0.315 e. The maximum atomic E-state index is 11.9. The average Bonchev–Trinajstić information content (AvgIpc) is 2.55.